The SMILES string of the molecule is CC.O=C1NC(=O)C2(CCC3(CC2)OCCO3)N1. The van der Waals surface area contributed by atoms with Crippen LogP contribution in [0.1, 0.15) is 39.5 Å². The predicted octanol–water partition coefficient (Wildman–Crippen LogP) is 0.908. The third-order valence-corrected chi connectivity index (χ3v) is 3.69. The molecule has 2 saturated heterocycles. The molecule has 0 aromatic heterocycles. The minimum absolute atomic E-state index is 0.217. The first-order valence-corrected chi connectivity index (χ1v) is 6.56. The molecule has 2 heterocycles. The summed E-state index contributed by atoms with van der Waals surface area (Å²) in [5.74, 6) is -0.718. The first-order valence-electron chi connectivity index (χ1n) is 6.56. The Balaban J connectivity index is 0.000000574. The van der Waals surface area contributed by atoms with E-state index in [1.807, 2.05) is 13.8 Å². The van der Waals surface area contributed by atoms with Crippen LogP contribution in [0.25, 0.3) is 0 Å². The smallest absolute Gasteiger partial charge is 0.322 e. The molecule has 6 heteroatoms. The van der Waals surface area contributed by atoms with Crippen LogP contribution in [-0.4, -0.2) is 36.5 Å². The van der Waals surface area contributed by atoms with Gasteiger partial charge in [-0.1, -0.05) is 13.8 Å². The number of ether oxygens (including phenoxy) is 2. The van der Waals surface area contributed by atoms with Crippen molar-refractivity contribution in [3.05, 3.63) is 0 Å². The van der Waals surface area contributed by atoms with Gasteiger partial charge < -0.3 is 14.8 Å². The molecule has 6 nitrogen and oxygen atoms in total. The Kier molecular flexibility index (Phi) is 3.59. The molecule has 1 aliphatic carbocycles. The van der Waals surface area contributed by atoms with Gasteiger partial charge >= 0.3 is 6.03 Å². The van der Waals surface area contributed by atoms with Gasteiger partial charge in [0.15, 0.2) is 5.79 Å². The molecule has 3 rings (SSSR count). The lowest BCUT2D eigenvalue weighted by Gasteiger charge is -2.39. The molecular formula is C12H20N2O4. The van der Waals surface area contributed by atoms with Gasteiger partial charge in [0.05, 0.1) is 13.2 Å². The molecule has 0 aromatic carbocycles. The summed E-state index contributed by atoms with van der Waals surface area (Å²) in [4.78, 5) is 22.8. The lowest BCUT2D eigenvalue weighted by molar-refractivity contribution is -0.185. The topological polar surface area (TPSA) is 76.7 Å². The molecule has 3 aliphatic rings. The van der Waals surface area contributed by atoms with E-state index < -0.39 is 17.4 Å². The molecule has 18 heavy (non-hydrogen) atoms. The van der Waals surface area contributed by atoms with E-state index in [0.717, 1.165) is 0 Å². The van der Waals surface area contributed by atoms with Crippen molar-refractivity contribution in [2.24, 2.45) is 0 Å². The molecule has 0 bridgehead atoms. The zero-order valence-electron chi connectivity index (χ0n) is 10.9. The number of hydrogen-bond donors (Lipinski definition) is 2. The van der Waals surface area contributed by atoms with E-state index in [1.54, 1.807) is 0 Å². The molecule has 0 unspecified atom stereocenters. The third-order valence-electron chi connectivity index (χ3n) is 3.69. The fourth-order valence-electron chi connectivity index (χ4n) is 2.72. The summed E-state index contributed by atoms with van der Waals surface area (Å²) in [5, 5.41) is 5.00. The van der Waals surface area contributed by atoms with Crippen molar-refractivity contribution in [2.45, 2.75) is 50.9 Å². The second kappa shape index (κ2) is 4.85. The van der Waals surface area contributed by atoms with Crippen LogP contribution >= 0.6 is 0 Å². The molecule has 1 saturated carbocycles. The van der Waals surface area contributed by atoms with Crippen LogP contribution in [0.3, 0.4) is 0 Å². The second-order valence-electron chi connectivity index (χ2n) is 4.60. The fourth-order valence-corrected chi connectivity index (χ4v) is 2.72. The Labute approximate surface area is 106 Å². The maximum atomic E-state index is 11.7. The molecule has 2 aliphatic heterocycles. The summed E-state index contributed by atoms with van der Waals surface area (Å²) in [6.07, 6.45) is 2.45. The van der Waals surface area contributed by atoms with E-state index in [1.165, 1.54) is 0 Å². The van der Waals surface area contributed by atoms with E-state index in [2.05, 4.69) is 10.6 Å². The van der Waals surface area contributed by atoms with Gasteiger partial charge in [-0.15, -0.1) is 0 Å². The normalized spacial score (nSPS) is 27.7. The lowest BCUT2D eigenvalue weighted by atomic mass is 9.79. The Morgan fingerprint density at radius 3 is 2.00 bits per heavy atom. The summed E-state index contributed by atoms with van der Waals surface area (Å²) in [6, 6.07) is -0.394. The van der Waals surface area contributed by atoms with Crippen molar-refractivity contribution in [1.82, 2.24) is 10.6 Å². The van der Waals surface area contributed by atoms with Crippen LogP contribution in [0.5, 0.6) is 0 Å². The predicted molar refractivity (Wildman–Crippen MR) is 63.9 cm³/mol. The van der Waals surface area contributed by atoms with E-state index in [4.69, 9.17) is 9.47 Å². The minimum atomic E-state index is -0.725. The highest BCUT2D eigenvalue weighted by Gasteiger charge is 2.53. The highest BCUT2D eigenvalue weighted by molar-refractivity contribution is 6.07. The van der Waals surface area contributed by atoms with Crippen LogP contribution in [0.15, 0.2) is 0 Å². The van der Waals surface area contributed by atoms with E-state index >= 15 is 0 Å². The van der Waals surface area contributed by atoms with Crippen LogP contribution in [0.4, 0.5) is 4.79 Å². The maximum absolute atomic E-state index is 11.7. The third kappa shape index (κ3) is 2.10. The molecule has 3 fully saturated rings. The van der Waals surface area contributed by atoms with E-state index in [9.17, 15) is 9.59 Å². The molecule has 2 spiro atoms. The van der Waals surface area contributed by atoms with Crippen molar-refractivity contribution < 1.29 is 19.1 Å². The monoisotopic (exact) mass is 256 g/mol. The van der Waals surface area contributed by atoms with Crippen molar-refractivity contribution in [1.29, 1.82) is 0 Å². The first-order chi connectivity index (χ1) is 8.64. The lowest BCUT2D eigenvalue weighted by Crippen LogP contribution is -2.53. The Morgan fingerprint density at radius 2 is 1.56 bits per heavy atom. The molecule has 0 atom stereocenters. The largest absolute Gasteiger partial charge is 0.348 e. The number of carbonyl (C=O) groups excluding carboxylic acids is 2. The summed E-state index contributed by atoms with van der Waals surface area (Å²) in [7, 11) is 0. The van der Waals surface area contributed by atoms with Gasteiger partial charge in [0.1, 0.15) is 5.54 Å². The number of urea groups is 1. The highest BCUT2D eigenvalue weighted by Crippen LogP contribution is 2.41. The molecular weight excluding hydrogens is 236 g/mol. The van der Waals surface area contributed by atoms with Crippen molar-refractivity contribution in [2.75, 3.05) is 13.2 Å². The molecule has 3 amide bonds. The Bertz CT molecular complexity index is 340. The summed E-state index contributed by atoms with van der Waals surface area (Å²) in [6.45, 7) is 5.23. The fraction of sp³-hybridized carbons (Fsp3) is 0.833. The van der Waals surface area contributed by atoms with E-state index in [0.29, 0.717) is 38.9 Å². The number of nitrogens with one attached hydrogen (secondary N) is 2. The van der Waals surface area contributed by atoms with Gasteiger partial charge in [0.2, 0.25) is 0 Å². The zero-order chi connectivity index (χ0) is 13.2. The highest BCUT2D eigenvalue weighted by atomic mass is 16.7. The van der Waals surface area contributed by atoms with Gasteiger partial charge in [-0.25, -0.2) is 4.79 Å². The first kappa shape index (κ1) is 13.3. The number of imide groups is 1. The minimum Gasteiger partial charge on any atom is -0.348 e. The standard InChI is InChI=1S/C10H14N2O4.C2H6/c13-7-9(12-8(14)11-7)1-3-10(4-2-9)15-5-6-16-10;1-2/h1-6H2,(H2,11,12,13,14);1-2H3. The van der Waals surface area contributed by atoms with Gasteiger partial charge in [-0.2, -0.15) is 0 Å². The quantitative estimate of drug-likeness (QED) is 0.631. The van der Waals surface area contributed by atoms with Crippen LogP contribution in [0, 0.1) is 0 Å². The summed E-state index contributed by atoms with van der Waals surface area (Å²) >= 11 is 0. The van der Waals surface area contributed by atoms with Crippen molar-refractivity contribution in [3.63, 3.8) is 0 Å². The van der Waals surface area contributed by atoms with Gasteiger partial charge in [0, 0.05) is 12.8 Å². The number of hydrogen-bond acceptors (Lipinski definition) is 4. The maximum Gasteiger partial charge on any atom is 0.322 e. The Morgan fingerprint density at radius 1 is 1.00 bits per heavy atom. The van der Waals surface area contributed by atoms with E-state index in [-0.39, 0.29) is 5.91 Å². The van der Waals surface area contributed by atoms with Gasteiger partial charge in [-0.05, 0) is 12.8 Å². The number of amides is 3. The second-order valence-corrected chi connectivity index (χ2v) is 4.60. The Hall–Kier alpha value is -1.14. The molecule has 0 radical (unpaired) electrons. The number of rotatable bonds is 0. The van der Waals surface area contributed by atoms with Crippen LogP contribution in [0.2, 0.25) is 0 Å². The zero-order valence-corrected chi connectivity index (χ0v) is 10.9. The van der Waals surface area contributed by atoms with Gasteiger partial charge in [-0.3, -0.25) is 10.1 Å². The average molecular weight is 256 g/mol. The average Bonchev–Trinajstić information content (AvgIpc) is 2.93. The molecule has 102 valence electrons. The molecule has 0 aromatic rings. The van der Waals surface area contributed by atoms with Crippen molar-refractivity contribution in [3.8, 4) is 0 Å². The van der Waals surface area contributed by atoms with Crippen LogP contribution in [-0.2, 0) is 14.3 Å². The summed E-state index contributed by atoms with van der Waals surface area (Å²) < 4.78 is 11.2. The van der Waals surface area contributed by atoms with Crippen LogP contribution < -0.4 is 10.6 Å². The summed E-state index contributed by atoms with van der Waals surface area (Å²) in [5.41, 5.74) is -0.725. The molecule has 2 N–H and O–H groups in total. The van der Waals surface area contributed by atoms with Gasteiger partial charge in [0.25, 0.3) is 5.91 Å². The van der Waals surface area contributed by atoms with Crippen molar-refractivity contribution >= 4 is 11.9 Å². The number of carbonyl (C=O) groups is 2.